The zero-order chi connectivity index (χ0) is 17.3. The van der Waals surface area contributed by atoms with E-state index in [1.165, 1.54) is 12.1 Å². The van der Waals surface area contributed by atoms with Crippen LogP contribution in [0.5, 0.6) is 0 Å². The molecule has 2 aromatic rings. The summed E-state index contributed by atoms with van der Waals surface area (Å²) < 4.78 is 13.6. The molecule has 4 nitrogen and oxygen atoms in total. The summed E-state index contributed by atoms with van der Waals surface area (Å²) in [7, 11) is 1.86. The van der Waals surface area contributed by atoms with E-state index in [2.05, 4.69) is 4.98 Å². The van der Waals surface area contributed by atoms with Gasteiger partial charge in [0, 0.05) is 36.3 Å². The van der Waals surface area contributed by atoms with Crippen molar-refractivity contribution < 1.29 is 14.3 Å². The number of carbonyl (C=O) groups is 1. The zero-order valence-electron chi connectivity index (χ0n) is 14.3. The third kappa shape index (κ3) is 3.31. The number of aromatic amines is 1. The molecule has 1 aromatic carbocycles. The summed E-state index contributed by atoms with van der Waals surface area (Å²) in [5.41, 5.74) is 2.66. The maximum absolute atomic E-state index is 13.6. The molecule has 0 unspecified atom stereocenters. The lowest BCUT2D eigenvalue weighted by Gasteiger charge is -2.34. The first-order valence-corrected chi connectivity index (χ1v) is 8.62. The number of aliphatic hydroxyl groups excluding tert-OH is 1. The SMILES string of the molecule is Cc1[nH]c2ccc(F)cc2c1CC(=O)N(C)C1CCC(CO)CC1. The van der Waals surface area contributed by atoms with Crippen LogP contribution in [0.4, 0.5) is 4.39 Å². The number of aryl methyl sites for hydroxylation is 1. The maximum Gasteiger partial charge on any atom is 0.227 e. The van der Waals surface area contributed by atoms with Crippen molar-refractivity contribution in [3.63, 3.8) is 0 Å². The average Bonchev–Trinajstić information content (AvgIpc) is 2.89. The Balaban J connectivity index is 1.73. The Kier molecular flexibility index (Phi) is 4.90. The molecule has 1 amide bonds. The first-order valence-electron chi connectivity index (χ1n) is 8.62. The first-order chi connectivity index (χ1) is 11.5. The number of benzene rings is 1. The van der Waals surface area contributed by atoms with Crippen LogP contribution >= 0.6 is 0 Å². The van der Waals surface area contributed by atoms with Crippen molar-refractivity contribution in [2.24, 2.45) is 5.92 Å². The number of halogens is 1. The van der Waals surface area contributed by atoms with Gasteiger partial charge in [-0.05, 0) is 62.3 Å². The largest absolute Gasteiger partial charge is 0.396 e. The van der Waals surface area contributed by atoms with Crippen molar-refractivity contribution in [3.8, 4) is 0 Å². The highest BCUT2D eigenvalue weighted by atomic mass is 19.1. The van der Waals surface area contributed by atoms with Gasteiger partial charge in [-0.2, -0.15) is 0 Å². The number of aromatic nitrogens is 1. The molecular weight excluding hydrogens is 307 g/mol. The van der Waals surface area contributed by atoms with Gasteiger partial charge in [-0.15, -0.1) is 0 Å². The Morgan fingerprint density at radius 3 is 2.71 bits per heavy atom. The van der Waals surface area contributed by atoms with E-state index in [1.54, 1.807) is 6.07 Å². The fraction of sp³-hybridized carbons (Fsp3) is 0.526. The summed E-state index contributed by atoms with van der Waals surface area (Å²) in [5, 5.41) is 10.0. The number of aliphatic hydroxyl groups is 1. The second-order valence-corrected chi connectivity index (χ2v) is 6.96. The van der Waals surface area contributed by atoms with Crippen LogP contribution in [0.1, 0.15) is 36.9 Å². The molecule has 5 heteroatoms. The molecule has 2 N–H and O–H groups in total. The molecule has 24 heavy (non-hydrogen) atoms. The van der Waals surface area contributed by atoms with Crippen LogP contribution in [0.25, 0.3) is 10.9 Å². The Morgan fingerprint density at radius 2 is 2.04 bits per heavy atom. The lowest BCUT2D eigenvalue weighted by atomic mass is 9.86. The highest BCUT2D eigenvalue weighted by molar-refractivity contribution is 5.90. The molecule has 1 heterocycles. The molecule has 1 aliphatic carbocycles. The quantitative estimate of drug-likeness (QED) is 0.903. The number of fused-ring (bicyclic) bond motifs is 1. The van der Waals surface area contributed by atoms with Crippen LogP contribution in [-0.4, -0.2) is 40.6 Å². The maximum atomic E-state index is 13.6. The molecule has 1 aromatic heterocycles. The van der Waals surface area contributed by atoms with Gasteiger partial charge in [-0.3, -0.25) is 4.79 Å². The van der Waals surface area contributed by atoms with E-state index >= 15 is 0 Å². The molecule has 0 spiro atoms. The molecule has 0 radical (unpaired) electrons. The number of hydrogen-bond donors (Lipinski definition) is 2. The monoisotopic (exact) mass is 332 g/mol. The molecule has 0 aliphatic heterocycles. The van der Waals surface area contributed by atoms with Crippen molar-refractivity contribution in [2.75, 3.05) is 13.7 Å². The fourth-order valence-corrected chi connectivity index (χ4v) is 3.78. The van der Waals surface area contributed by atoms with Gasteiger partial charge in [0.25, 0.3) is 0 Å². The predicted molar refractivity (Wildman–Crippen MR) is 92.3 cm³/mol. The third-order valence-corrected chi connectivity index (χ3v) is 5.43. The highest BCUT2D eigenvalue weighted by Crippen LogP contribution is 2.28. The van der Waals surface area contributed by atoms with E-state index in [4.69, 9.17) is 0 Å². The topological polar surface area (TPSA) is 56.3 Å². The van der Waals surface area contributed by atoms with Crippen molar-refractivity contribution in [1.82, 2.24) is 9.88 Å². The van der Waals surface area contributed by atoms with Crippen LogP contribution < -0.4 is 0 Å². The van der Waals surface area contributed by atoms with Gasteiger partial charge in [0.05, 0.1) is 6.42 Å². The average molecular weight is 332 g/mol. The molecule has 0 saturated heterocycles. The lowest BCUT2D eigenvalue weighted by molar-refractivity contribution is -0.132. The third-order valence-electron chi connectivity index (χ3n) is 5.43. The number of amides is 1. The number of rotatable bonds is 4. The summed E-state index contributed by atoms with van der Waals surface area (Å²) in [6, 6.07) is 4.87. The number of nitrogens with zero attached hydrogens (tertiary/aromatic N) is 1. The van der Waals surface area contributed by atoms with Crippen molar-refractivity contribution in [2.45, 2.75) is 45.1 Å². The number of likely N-dealkylation sites (N-methyl/N-ethyl adjacent to an activating group) is 1. The second-order valence-electron chi connectivity index (χ2n) is 6.96. The number of hydrogen-bond acceptors (Lipinski definition) is 2. The fourth-order valence-electron chi connectivity index (χ4n) is 3.78. The summed E-state index contributed by atoms with van der Waals surface area (Å²) in [4.78, 5) is 17.8. The Labute approximate surface area is 141 Å². The van der Waals surface area contributed by atoms with E-state index in [0.717, 1.165) is 47.8 Å². The first kappa shape index (κ1) is 17.0. The van der Waals surface area contributed by atoms with Crippen molar-refractivity contribution in [1.29, 1.82) is 0 Å². The van der Waals surface area contributed by atoms with Gasteiger partial charge >= 0.3 is 0 Å². The van der Waals surface area contributed by atoms with Crippen LogP contribution in [0.15, 0.2) is 18.2 Å². The lowest BCUT2D eigenvalue weighted by Crippen LogP contribution is -2.40. The van der Waals surface area contributed by atoms with Gasteiger partial charge in [0.1, 0.15) is 5.82 Å². The summed E-state index contributed by atoms with van der Waals surface area (Å²) in [5.74, 6) is 0.158. The normalized spacial score (nSPS) is 21.2. The smallest absolute Gasteiger partial charge is 0.227 e. The zero-order valence-corrected chi connectivity index (χ0v) is 14.3. The van der Waals surface area contributed by atoms with E-state index in [-0.39, 0.29) is 30.8 Å². The van der Waals surface area contributed by atoms with E-state index < -0.39 is 0 Å². The van der Waals surface area contributed by atoms with Gasteiger partial charge < -0.3 is 15.0 Å². The molecular formula is C19H25FN2O2. The van der Waals surface area contributed by atoms with Gasteiger partial charge in [0.2, 0.25) is 5.91 Å². The van der Waals surface area contributed by atoms with Gasteiger partial charge in [0.15, 0.2) is 0 Å². The molecule has 0 bridgehead atoms. The van der Waals surface area contributed by atoms with Crippen LogP contribution in [0, 0.1) is 18.7 Å². The molecule has 0 atom stereocenters. The van der Waals surface area contributed by atoms with Crippen molar-refractivity contribution >= 4 is 16.8 Å². The Morgan fingerprint density at radius 1 is 1.33 bits per heavy atom. The Hall–Kier alpha value is -1.88. The minimum atomic E-state index is -0.286. The van der Waals surface area contributed by atoms with Crippen LogP contribution in [-0.2, 0) is 11.2 Å². The minimum Gasteiger partial charge on any atom is -0.396 e. The highest BCUT2D eigenvalue weighted by Gasteiger charge is 2.27. The number of carbonyl (C=O) groups excluding carboxylic acids is 1. The summed E-state index contributed by atoms with van der Waals surface area (Å²) in [6.45, 7) is 2.16. The second kappa shape index (κ2) is 6.93. The van der Waals surface area contributed by atoms with E-state index in [1.807, 2.05) is 18.9 Å². The molecule has 1 saturated carbocycles. The minimum absolute atomic E-state index is 0.0655. The number of H-pyrrole nitrogens is 1. The van der Waals surface area contributed by atoms with Gasteiger partial charge in [-0.1, -0.05) is 0 Å². The van der Waals surface area contributed by atoms with Crippen molar-refractivity contribution in [3.05, 3.63) is 35.3 Å². The Bertz CT molecular complexity index is 732. The summed E-state index contributed by atoms with van der Waals surface area (Å²) >= 11 is 0. The summed E-state index contributed by atoms with van der Waals surface area (Å²) in [6.07, 6.45) is 4.10. The molecule has 1 aliphatic rings. The predicted octanol–water partition coefficient (Wildman–Crippen LogP) is 3.17. The molecule has 3 rings (SSSR count). The standard InChI is InChI=1S/C19H25FN2O2/c1-12-16(17-9-14(20)5-8-18(17)21-12)10-19(24)22(2)15-6-3-13(11-23)4-7-15/h5,8-9,13,15,21,23H,3-4,6-7,10-11H2,1-2H3. The van der Waals surface area contributed by atoms with Gasteiger partial charge in [-0.25, -0.2) is 4.39 Å². The van der Waals surface area contributed by atoms with Crippen LogP contribution in [0.2, 0.25) is 0 Å². The van der Waals surface area contributed by atoms with Crippen LogP contribution in [0.3, 0.4) is 0 Å². The number of nitrogens with one attached hydrogen (secondary N) is 1. The molecule has 1 fully saturated rings. The molecule has 130 valence electrons. The van der Waals surface area contributed by atoms with E-state index in [0.29, 0.717) is 5.92 Å². The van der Waals surface area contributed by atoms with E-state index in [9.17, 15) is 14.3 Å².